The molecule has 0 aliphatic carbocycles. The average Bonchev–Trinajstić information content (AvgIpc) is 3.17. The van der Waals surface area contributed by atoms with Crippen LogP contribution in [0.2, 0.25) is 0 Å². The van der Waals surface area contributed by atoms with Gasteiger partial charge in [0.2, 0.25) is 0 Å². The van der Waals surface area contributed by atoms with Crippen LogP contribution >= 0.6 is 0 Å². The van der Waals surface area contributed by atoms with Crippen molar-refractivity contribution in [3.05, 3.63) is 167 Å². The fourth-order valence-corrected chi connectivity index (χ4v) is 6.88. The quantitative estimate of drug-likeness (QED) is 0.104. The summed E-state index contributed by atoms with van der Waals surface area (Å²) in [6, 6.07) is 47.0. The summed E-state index contributed by atoms with van der Waals surface area (Å²) in [6.07, 6.45) is 5.07. The first-order valence-corrected chi connectivity index (χ1v) is 18.6. The molecule has 0 amide bonds. The zero-order valence-electron chi connectivity index (χ0n) is 31.7. The monoisotopic (exact) mass is 877 g/mol. The Hall–Kier alpha value is -4.50. The molecule has 0 radical (unpaired) electrons. The number of carbonyl (C=O) groups excluding carboxylic acids is 1. The van der Waals surface area contributed by atoms with Crippen LogP contribution in [-0.4, -0.2) is 13.1 Å². The van der Waals surface area contributed by atoms with Gasteiger partial charge in [-0.15, -0.1) is 0 Å². The molecule has 0 aliphatic heterocycles. The molecule has 5 aromatic rings. The third-order valence-electron chi connectivity index (χ3n) is 10.6. The molecule has 0 heterocycles. The maximum atomic E-state index is 14.0. The number of halogens is 1. The highest BCUT2D eigenvalue weighted by atomic mass is 19.1. The summed E-state index contributed by atoms with van der Waals surface area (Å²) in [5, 5.41) is 0. The van der Waals surface area contributed by atoms with Crippen LogP contribution in [0.15, 0.2) is 133 Å². The highest BCUT2D eigenvalue weighted by Crippen LogP contribution is 2.42. The maximum absolute atomic E-state index is 14.0. The Labute approximate surface area is 395 Å². The number of benzene rings is 5. The molecule has 0 saturated heterocycles. The van der Waals surface area contributed by atoms with Gasteiger partial charge in [0.05, 0.1) is 12.5 Å². The van der Waals surface area contributed by atoms with Gasteiger partial charge in [-0.2, -0.15) is 0 Å². The fourth-order valence-electron chi connectivity index (χ4n) is 6.88. The molecule has 0 spiro atoms. The SMILES string of the molecule is C.C.C.C.C.C.C.C.C.C.C.C.CCC(C)(C)C(=O)OC.CCC(CC(CC(CC(C)c1ccc(-c2ccccc2)cc1)c1ccc(F)cc1)c1ccc(C)cc1)c1ccccc1. The molecule has 4 atom stereocenters. The summed E-state index contributed by atoms with van der Waals surface area (Å²) < 4.78 is 18.6. The first-order chi connectivity index (χ1) is 24.5. The zero-order chi connectivity index (χ0) is 36.8. The van der Waals surface area contributed by atoms with Crippen LogP contribution in [-0.2, 0) is 9.53 Å². The number of ether oxygens (including phenoxy) is 1. The topological polar surface area (TPSA) is 26.3 Å². The molecule has 0 bridgehead atoms. The van der Waals surface area contributed by atoms with E-state index in [9.17, 15) is 9.18 Å². The Balaban J connectivity index is -0.000000180. The zero-order valence-corrected chi connectivity index (χ0v) is 31.7. The normalized spacial score (nSPS) is 11.0. The van der Waals surface area contributed by atoms with E-state index >= 15 is 0 Å². The molecule has 364 valence electrons. The molecule has 0 aromatic heterocycles. The maximum Gasteiger partial charge on any atom is 0.311 e. The predicted octanol–water partition coefficient (Wildman–Crippen LogP) is 21.1. The van der Waals surface area contributed by atoms with Gasteiger partial charge >= 0.3 is 5.97 Å². The smallest absolute Gasteiger partial charge is 0.311 e. The summed E-state index contributed by atoms with van der Waals surface area (Å²) in [7, 11) is 1.42. The van der Waals surface area contributed by atoms with E-state index in [0.717, 1.165) is 32.1 Å². The molecular formula is C60H105FO2. The second kappa shape index (κ2) is 39.1. The van der Waals surface area contributed by atoms with Crippen LogP contribution < -0.4 is 0 Å². The minimum absolute atomic E-state index is 0. The predicted molar refractivity (Wildman–Crippen MR) is 294 cm³/mol. The largest absolute Gasteiger partial charge is 0.469 e. The number of methoxy groups -OCH3 is 1. The molecule has 3 heteroatoms. The number of rotatable bonds is 14. The molecule has 4 unspecified atom stereocenters. The molecule has 2 nitrogen and oxygen atoms in total. The lowest BCUT2D eigenvalue weighted by Gasteiger charge is -2.30. The van der Waals surface area contributed by atoms with E-state index in [1.165, 1.54) is 46.1 Å². The third-order valence-corrected chi connectivity index (χ3v) is 10.6. The van der Waals surface area contributed by atoms with E-state index in [4.69, 9.17) is 0 Å². The van der Waals surface area contributed by atoms with E-state index in [1.54, 1.807) is 12.1 Å². The Bertz CT molecular complexity index is 1730. The minimum Gasteiger partial charge on any atom is -0.469 e. The van der Waals surface area contributed by atoms with Gasteiger partial charge in [0.25, 0.3) is 0 Å². The van der Waals surface area contributed by atoms with Crippen molar-refractivity contribution in [1.82, 2.24) is 0 Å². The molecule has 0 N–H and O–H groups in total. The third kappa shape index (κ3) is 23.7. The van der Waals surface area contributed by atoms with Crippen LogP contribution in [0.25, 0.3) is 11.1 Å². The van der Waals surface area contributed by atoms with Crippen molar-refractivity contribution in [2.75, 3.05) is 7.11 Å². The first kappa shape index (κ1) is 78.9. The number of carbonyl (C=O) groups is 1. The molecule has 5 aromatic carbocycles. The van der Waals surface area contributed by atoms with E-state index in [-0.39, 0.29) is 106 Å². The molecule has 5 rings (SSSR count). The molecule has 0 aliphatic rings. The van der Waals surface area contributed by atoms with Gasteiger partial charge in [-0.05, 0) is 122 Å². The summed E-state index contributed by atoms with van der Waals surface area (Å²) >= 11 is 0. The number of aryl methyl sites for hydroxylation is 1. The standard InChI is InChI=1S/C41H43F.C7H14O2.12CH4/c1-4-32(34-11-7-5-8-12-34)28-40(37-17-15-30(2)16-18-37)29-39(38-23-25-41(42)26-24-38)27-31(3)33-19-21-36(22-20-33)35-13-9-6-10-14-35;1-5-7(2,3)6(8)9-4;;;;;;;;;;;;/h5-26,31-32,39-40H,4,27-29H2,1-3H3;5H2,1-4H3;12*1H4. The van der Waals surface area contributed by atoms with Gasteiger partial charge in [0, 0.05) is 0 Å². The van der Waals surface area contributed by atoms with Crippen molar-refractivity contribution in [2.24, 2.45) is 5.41 Å². The molecule has 63 heavy (non-hydrogen) atoms. The minimum atomic E-state index is -0.311. The number of esters is 1. The van der Waals surface area contributed by atoms with Crippen molar-refractivity contribution in [3.63, 3.8) is 0 Å². The van der Waals surface area contributed by atoms with Crippen LogP contribution in [0.4, 0.5) is 4.39 Å². The van der Waals surface area contributed by atoms with Gasteiger partial charge in [0.15, 0.2) is 0 Å². The highest BCUT2D eigenvalue weighted by Gasteiger charge is 2.26. The van der Waals surface area contributed by atoms with Gasteiger partial charge in [-0.3, -0.25) is 4.79 Å². The van der Waals surface area contributed by atoms with Gasteiger partial charge in [-0.25, -0.2) is 4.39 Å². The Morgan fingerprint density at radius 3 is 1.29 bits per heavy atom. The van der Waals surface area contributed by atoms with E-state index < -0.39 is 0 Å². The summed E-state index contributed by atoms with van der Waals surface area (Å²) in [5.74, 6) is 1.28. The van der Waals surface area contributed by atoms with E-state index in [1.807, 2.05) is 32.9 Å². The Kier molecular flexibility index (Phi) is 49.0. The Morgan fingerprint density at radius 1 is 0.508 bits per heavy atom. The van der Waals surface area contributed by atoms with Gasteiger partial charge in [-0.1, -0.05) is 237 Å². The lowest BCUT2D eigenvalue weighted by molar-refractivity contribution is -0.150. The van der Waals surface area contributed by atoms with E-state index in [2.05, 4.69) is 135 Å². The number of hydrogen-bond acceptors (Lipinski definition) is 2. The van der Waals surface area contributed by atoms with Gasteiger partial charge < -0.3 is 4.74 Å². The lowest BCUT2D eigenvalue weighted by Crippen LogP contribution is -2.24. The summed E-state index contributed by atoms with van der Waals surface area (Å²) in [6.45, 7) is 12.5. The van der Waals surface area contributed by atoms with Crippen LogP contribution in [0.1, 0.15) is 207 Å². The van der Waals surface area contributed by atoms with Gasteiger partial charge in [0.1, 0.15) is 5.82 Å². The van der Waals surface area contributed by atoms with Crippen molar-refractivity contribution >= 4 is 5.97 Å². The second-order valence-corrected chi connectivity index (χ2v) is 14.7. The van der Waals surface area contributed by atoms with Crippen LogP contribution in [0.3, 0.4) is 0 Å². The molecule has 0 fully saturated rings. The highest BCUT2D eigenvalue weighted by molar-refractivity contribution is 5.75. The summed E-state index contributed by atoms with van der Waals surface area (Å²) in [5.41, 5.74) is 8.87. The van der Waals surface area contributed by atoms with Crippen molar-refractivity contribution in [1.29, 1.82) is 0 Å². The second-order valence-electron chi connectivity index (χ2n) is 14.7. The van der Waals surface area contributed by atoms with Crippen molar-refractivity contribution < 1.29 is 13.9 Å². The summed E-state index contributed by atoms with van der Waals surface area (Å²) in [4.78, 5) is 10.8. The Morgan fingerprint density at radius 2 is 0.873 bits per heavy atom. The lowest BCUT2D eigenvalue weighted by atomic mass is 9.75. The average molecular weight is 877 g/mol. The number of hydrogen-bond donors (Lipinski definition) is 0. The molecule has 0 saturated carbocycles. The van der Waals surface area contributed by atoms with Crippen molar-refractivity contribution in [2.45, 2.75) is 186 Å². The molecular weight excluding hydrogens is 772 g/mol. The fraction of sp³-hybridized carbons (Fsp3) is 0.483. The first-order valence-electron chi connectivity index (χ1n) is 18.6. The van der Waals surface area contributed by atoms with E-state index in [0.29, 0.717) is 23.7 Å². The van der Waals surface area contributed by atoms with Crippen LogP contribution in [0, 0.1) is 18.2 Å². The van der Waals surface area contributed by atoms with Crippen molar-refractivity contribution in [3.8, 4) is 11.1 Å². The van der Waals surface area contributed by atoms with Crippen LogP contribution in [0.5, 0.6) is 0 Å².